The molecule has 4 rings (SSSR count). The molecule has 7 nitrogen and oxygen atoms in total. The van der Waals surface area contributed by atoms with Crippen LogP contribution in [0.3, 0.4) is 0 Å². The quantitative estimate of drug-likeness (QED) is 0.645. The molecule has 3 aromatic rings. The van der Waals surface area contributed by atoms with Crippen LogP contribution in [0.5, 0.6) is 0 Å². The minimum Gasteiger partial charge on any atom is -0.390 e. The standard InChI is InChI=1S/C23H28N4O3/c28-21(18-27-22(24-30-23(27)29)20-10-5-2-6-11-20)17-26-13-7-12-25(14-15-26)16-19-8-3-1-4-9-19/h1-6,8-11,21,28H,7,12-18H2. The third-order valence-corrected chi connectivity index (χ3v) is 5.51. The molecule has 0 saturated carbocycles. The average molecular weight is 409 g/mol. The number of benzene rings is 2. The average Bonchev–Trinajstić information content (AvgIpc) is 2.98. The van der Waals surface area contributed by atoms with Gasteiger partial charge in [-0.1, -0.05) is 65.8 Å². The maximum atomic E-state index is 12.1. The van der Waals surface area contributed by atoms with Gasteiger partial charge in [-0.05, 0) is 25.1 Å². The first-order chi connectivity index (χ1) is 14.7. The Morgan fingerprint density at radius 2 is 1.57 bits per heavy atom. The van der Waals surface area contributed by atoms with Gasteiger partial charge in [-0.3, -0.25) is 18.9 Å². The second kappa shape index (κ2) is 9.84. The van der Waals surface area contributed by atoms with Crippen LogP contribution in [0.25, 0.3) is 11.4 Å². The lowest BCUT2D eigenvalue weighted by Crippen LogP contribution is -2.38. The van der Waals surface area contributed by atoms with Gasteiger partial charge in [-0.25, -0.2) is 4.79 Å². The summed E-state index contributed by atoms with van der Waals surface area (Å²) in [6.07, 6.45) is 0.382. The highest BCUT2D eigenvalue weighted by Crippen LogP contribution is 2.16. The Balaban J connectivity index is 1.33. The van der Waals surface area contributed by atoms with Gasteiger partial charge in [0.2, 0.25) is 0 Å². The van der Waals surface area contributed by atoms with E-state index in [-0.39, 0.29) is 6.54 Å². The van der Waals surface area contributed by atoms with Crippen LogP contribution in [-0.4, -0.2) is 63.5 Å². The maximum Gasteiger partial charge on any atom is 0.441 e. The predicted octanol–water partition coefficient (Wildman–Crippen LogP) is 2.07. The minimum absolute atomic E-state index is 0.163. The van der Waals surface area contributed by atoms with Crippen LogP contribution < -0.4 is 5.76 Å². The van der Waals surface area contributed by atoms with Crippen LogP contribution in [0.4, 0.5) is 0 Å². The molecule has 0 spiro atoms. The van der Waals surface area contributed by atoms with Crippen molar-refractivity contribution in [2.75, 3.05) is 32.7 Å². The van der Waals surface area contributed by atoms with Crippen LogP contribution >= 0.6 is 0 Å². The molecule has 1 atom stereocenters. The number of rotatable bonds is 7. The molecule has 30 heavy (non-hydrogen) atoms. The fraction of sp³-hybridized carbons (Fsp3) is 0.391. The molecular weight excluding hydrogens is 380 g/mol. The van der Waals surface area contributed by atoms with E-state index >= 15 is 0 Å². The van der Waals surface area contributed by atoms with Crippen molar-refractivity contribution in [3.05, 3.63) is 76.8 Å². The molecule has 1 aliphatic rings. The molecule has 158 valence electrons. The van der Waals surface area contributed by atoms with Gasteiger partial charge in [0.1, 0.15) is 0 Å². The summed E-state index contributed by atoms with van der Waals surface area (Å²) in [6.45, 7) is 5.48. The molecule has 2 aromatic carbocycles. The molecule has 1 fully saturated rings. The lowest BCUT2D eigenvalue weighted by atomic mass is 10.2. The van der Waals surface area contributed by atoms with Crippen molar-refractivity contribution in [3.63, 3.8) is 0 Å². The number of aromatic nitrogens is 2. The normalized spacial score (nSPS) is 17.0. The van der Waals surface area contributed by atoms with Gasteiger partial charge in [0.25, 0.3) is 0 Å². The van der Waals surface area contributed by atoms with Crippen LogP contribution in [0, 0.1) is 0 Å². The van der Waals surface area contributed by atoms with Crippen molar-refractivity contribution < 1.29 is 9.63 Å². The van der Waals surface area contributed by atoms with Gasteiger partial charge < -0.3 is 5.11 Å². The smallest absolute Gasteiger partial charge is 0.390 e. The second-order valence-electron chi connectivity index (χ2n) is 7.82. The molecule has 1 unspecified atom stereocenters. The third-order valence-electron chi connectivity index (χ3n) is 5.51. The van der Waals surface area contributed by atoms with E-state index in [2.05, 4.69) is 39.2 Å². The number of aliphatic hydroxyl groups excluding tert-OH is 1. The van der Waals surface area contributed by atoms with Crippen LogP contribution in [-0.2, 0) is 13.1 Å². The van der Waals surface area contributed by atoms with E-state index in [0.29, 0.717) is 12.4 Å². The molecule has 1 aliphatic heterocycles. The zero-order valence-corrected chi connectivity index (χ0v) is 17.1. The van der Waals surface area contributed by atoms with Crippen molar-refractivity contribution in [2.24, 2.45) is 0 Å². The Kier molecular flexibility index (Phi) is 6.74. The Morgan fingerprint density at radius 1 is 0.900 bits per heavy atom. The molecule has 7 heteroatoms. The van der Waals surface area contributed by atoms with Gasteiger partial charge in [-0.15, -0.1) is 0 Å². The summed E-state index contributed by atoms with van der Waals surface area (Å²) in [5.74, 6) is -0.0950. The van der Waals surface area contributed by atoms with Gasteiger partial charge in [-0.2, -0.15) is 0 Å². The molecule has 0 radical (unpaired) electrons. The Labute approximate surface area is 176 Å². The number of hydrogen-bond acceptors (Lipinski definition) is 6. The largest absolute Gasteiger partial charge is 0.441 e. The maximum absolute atomic E-state index is 12.1. The van der Waals surface area contributed by atoms with Crippen molar-refractivity contribution in [3.8, 4) is 11.4 Å². The summed E-state index contributed by atoms with van der Waals surface area (Å²) in [7, 11) is 0. The highest BCUT2D eigenvalue weighted by molar-refractivity contribution is 5.54. The molecule has 0 amide bonds. The Bertz CT molecular complexity index is 971. The monoisotopic (exact) mass is 408 g/mol. The summed E-state index contributed by atoms with van der Waals surface area (Å²) >= 11 is 0. The second-order valence-corrected chi connectivity index (χ2v) is 7.82. The SMILES string of the molecule is O=c1onc(-c2ccccc2)n1CC(O)CN1CCCN(Cc2ccccc2)CC1. The van der Waals surface area contributed by atoms with E-state index in [4.69, 9.17) is 4.52 Å². The van der Waals surface area contributed by atoms with E-state index in [1.165, 1.54) is 10.1 Å². The lowest BCUT2D eigenvalue weighted by Gasteiger charge is -2.24. The predicted molar refractivity (Wildman–Crippen MR) is 115 cm³/mol. The summed E-state index contributed by atoms with van der Waals surface area (Å²) in [6, 6.07) is 19.9. The van der Waals surface area contributed by atoms with Crippen molar-refractivity contribution in [1.82, 2.24) is 19.5 Å². The highest BCUT2D eigenvalue weighted by Gasteiger charge is 2.20. The molecular formula is C23H28N4O3. The molecule has 0 aliphatic carbocycles. The third kappa shape index (κ3) is 5.24. The Morgan fingerprint density at radius 3 is 2.33 bits per heavy atom. The van der Waals surface area contributed by atoms with Gasteiger partial charge in [0, 0.05) is 31.7 Å². The van der Waals surface area contributed by atoms with E-state index in [1.807, 2.05) is 36.4 Å². The van der Waals surface area contributed by atoms with E-state index < -0.39 is 11.9 Å². The Hall–Kier alpha value is -2.74. The molecule has 1 saturated heterocycles. The first-order valence-electron chi connectivity index (χ1n) is 10.5. The fourth-order valence-electron chi connectivity index (χ4n) is 4.00. The van der Waals surface area contributed by atoms with E-state index in [0.717, 1.165) is 44.7 Å². The number of nitrogens with zero attached hydrogens (tertiary/aromatic N) is 4. The van der Waals surface area contributed by atoms with Crippen molar-refractivity contribution in [2.45, 2.75) is 25.6 Å². The minimum atomic E-state index is -0.676. The first kappa shape index (κ1) is 20.5. The molecule has 1 aromatic heterocycles. The summed E-state index contributed by atoms with van der Waals surface area (Å²) in [5, 5.41) is 14.6. The van der Waals surface area contributed by atoms with Crippen molar-refractivity contribution >= 4 is 0 Å². The number of β-amino-alcohol motifs (C(OH)–C–C–N with tert-alkyl or cyclic N) is 1. The van der Waals surface area contributed by atoms with Crippen LogP contribution in [0.2, 0.25) is 0 Å². The van der Waals surface area contributed by atoms with Crippen LogP contribution in [0.1, 0.15) is 12.0 Å². The van der Waals surface area contributed by atoms with Gasteiger partial charge >= 0.3 is 5.76 Å². The van der Waals surface area contributed by atoms with E-state index in [9.17, 15) is 9.90 Å². The van der Waals surface area contributed by atoms with Crippen molar-refractivity contribution in [1.29, 1.82) is 0 Å². The molecule has 0 bridgehead atoms. The lowest BCUT2D eigenvalue weighted by molar-refractivity contribution is 0.0977. The summed E-state index contributed by atoms with van der Waals surface area (Å²) in [5.41, 5.74) is 2.12. The van der Waals surface area contributed by atoms with Gasteiger partial charge in [0.15, 0.2) is 5.82 Å². The number of hydrogen-bond donors (Lipinski definition) is 1. The topological polar surface area (TPSA) is 74.7 Å². The first-order valence-corrected chi connectivity index (χ1v) is 10.5. The van der Waals surface area contributed by atoms with Crippen LogP contribution in [0.15, 0.2) is 70.0 Å². The number of aliphatic hydroxyl groups is 1. The zero-order chi connectivity index (χ0) is 20.8. The van der Waals surface area contributed by atoms with E-state index in [1.54, 1.807) is 0 Å². The molecule has 1 N–H and O–H groups in total. The molecule has 2 heterocycles. The fourth-order valence-corrected chi connectivity index (χ4v) is 4.00. The van der Waals surface area contributed by atoms with Gasteiger partial charge in [0.05, 0.1) is 12.6 Å². The summed E-state index contributed by atoms with van der Waals surface area (Å²) < 4.78 is 6.27. The highest BCUT2D eigenvalue weighted by atomic mass is 16.5. The summed E-state index contributed by atoms with van der Waals surface area (Å²) in [4.78, 5) is 16.8. The zero-order valence-electron chi connectivity index (χ0n) is 17.1.